The molecule has 0 aromatic heterocycles. The van der Waals surface area contributed by atoms with E-state index in [2.05, 4.69) is 10.2 Å². The number of hydrogen-bond acceptors (Lipinski definition) is 4. The van der Waals surface area contributed by atoms with Crippen LogP contribution < -0.4 is 11.1 Å². The number of ether oxygens (including phenoxy) is 1. The zero-order chi connectivity index (χ0) is 11.1. The molecule has 0 radical (unpaired) electrons. The van der Waals surface area contributed by atoms with Gasteiger partial charge in [0.1, 0.15) is 0 Å². The smallest absolute Gasteiger partial charge is 0.231 e. The van der Waals surface area contributed by atoms with E-state index in [1.165, 1.54) is 12.8 Å². The molecule has 1 saturated heterocycles. The second-order valence-electron chi connectivity index (χ2n) is 3.99. The molecular formula is C10H21N3O2. The van der Waals surface area contributed by atoms with Crippen LogP contribution >= 0.6 is 0 Å². The average molecular weight is 215 g/mol. The molecule has 88 valence electrons. The van der Waals surface area contributed by atoms with Gasteiger partial charge in [0.15, 0.2) is 0 Å². The number of carbonyl (C=O) groups is 1. The van der Waals surface area contributed by atoms with Gasteiger partial charge in [-0.25, -0.2) is 0 Å². The van der Waals surface area contributed by atoms with Crippen LogP contribution in [0.5, 0.6) is 0 Å². The van der Waals surface area contributed by atoms with E-state index in [1.54, 1.807) is 7.11 Å². The van der Waals surface area contributed by atoms with Crippen molar-refractivity contribution in [3.63, 3.8) is 0 Å². The number of carbonyl (C=O) groups excluding carboxylic acids is 1. The zero-order valence-corrected chi connectivity index (χ0v) is 9.37. The molecule has 1 amide bonds. The van der Waals surface area contributed by atoms with Crippen molar-refractivity contribution in [1.29, 1.82) is 0 Å². The predicted octanol–water partition coefficient (Wildman–Crippen LogP) is -0.828. The molecule has 5 heteroatoms. The second-order valence-corrected chi connectivity index (χ2v) is 3.99. The van der Waals surface area contributed by atoms with Gasteiger partial charge in [0, 0.05) is 26.2 Å². The molecular weight excluding hydrogens is 194 g/mol. The van der Waals surface area contributed by atoms with Crippen LogP contribution in [0.15, 0.2) is 0 Å². The summed E-state index contributed by atoms with van der Waals surface area (Å²) in [6.45, 7) is 3.69. The molecule has 1 unspecified atom stereocenters. The number of amides is 1. The summed E-state index contributed by atoms with van der Waals surface area (Å²) in [7, 11) is 1.66. The van der Waals surface area contributed by atoms with Crippen LogP contribution in [0.2, 0.25) is 0 Å². The summed E-state index contributed by atoms with van der Waals surface area (Å²) in [6.07, 6.45) is 2.40. The lowest BCUT2D eigenvalue weighted by Crippen LogP contribution is -2.43. The molecule has 1 heterocycles. The van der Waals surface area contributed by atoms with Crippen LogP contribution in [0.4, 0.5) is 0 Å². The van der Waals surface area contributed by atoms with E-state index in [0.29, 0.717) is 19.2 Å². The van der Waals surface area contributed by atoms with Crippen molar-refractivity contribution in [3.05, 3.63) is 0 Å². The van der Waals surface area contributed by atoms with Crippen LogP contribution in [0.1, 0.15) is 12.8 Å². The predicted molar refractivity (Wildman–Crippen MR) is 58.5 cm³/mol. The quantitative estimate of drug-likeness (QED) is 0.582. The number of hydrogen-bond donors (Lipinski definition) is 2. The Kier molecular flexibility index (Phi) is 5.60. The van der Waals surface area contributed by atoms with E-state index in [-0.39, 0.29) is 5.91 Å². The van der Waals surface area contributed by atoms with E-state index >= 15 is 0 Å². The van der Waals surface area contributed by atoms with Crippen molar-refractivity contribution in [2.75, 3.05) is 39.9 Å². The lowest BCUT2D eigenvalue weighted by atomic mass is 10.2. The molecule has 1 aliphatic rings. The molecule has 1 aliphatic heterocycles. The fraction of sp³-hybridized carbons (Fsp3) is 0.900. The minimum absolute atomic E-state index is 0.274. The number of nitrogens with zero attached hydrogens (tertiary/aromatic N) is 1. The van der Waals surface area contributed by atoms with Crippen molar-refractivity contribution in [2.24, 2.45) is 5.73 Å². The van der Waals surface area contributed by atoms with Gasteiger partial charge >= 0.3 is 0 Å². The number of primary amides is 1. The minimum Gasteiger partial charge on any atom is -0.383 e. The third-order valence-corrected chi connectivity index (χ3v) is 2.63. The summed E-state index contributed by atoms with van der Waals surface area (Å²) < 4.78 is 5.00. The van der Waals surface area contributed by atoms with E-state index in [9.17, 15) is 4.79 Å². The molecule has 0 aromatic carbocycles. The second kappa shape index (κ2) is 6.76. The van der Waals surface area contributed by atoms with Crippen molar-refractivity contribution in [3.8, 4) is 0 Å². The molecule has 5 nitrogen and oxygen atoms in total. The largest absolute Gasteiger partial charge is 0.383 e. The molecule has 1 fully saturated rings. The van der Waals surface area contributed by atoms with Gasteiger partial charge in [0.2, 0.25) is 5.91 Å². The molecule has 0 bridgehead atoms. The van der Waals surface area contributed by atoms with E-state index < -0.39 is 0 Å². The van der Waals surface area contributed by atoms with Crippen molar-refractivity contribution in [2.45, 2.75) is 18.9 Å². The first kappa shape index (κ1) is 12.4. The van der Waals surface area contributed by atoms with Crippen LogP contribution in [0.3, 0.4) is 0 Å². The lowest BCUT2D eigenvalue weighted by Gasteiger charge is -2.23. The van der Waals surface area contributed by atoms with Gasteiger partial charge in [0.05, 0.1) is 13.2 Å². The van der Waals surface area contributed by atoms with Crippen molar-refractivity contribution >= 4 is 5.91 Å². The Hall–Kier alpha value is -0.650. The number of nitrogens with two attached hydrogens (primary N) is 1. The van der Waals surface area contributed by atoms with Crippen molar-refractivity contribution < 1.29 is 9.53 Å². The summed E-state index contributed by atoms with van der Waals surface area (Å²) in [4.78, 5) is 12.9. The highest BCUT2D eigenvalue weighted by molar-refractivity contribution is 5.75. The summed E-state index contributed by atoms with van der Waals surface area (Å²) in [6, 6.07) is 0.501. The molecule has 3 N–H and O–H groups in total. The zero-order valence-electron chi connectivity index (χ0n) is 9.37. The fourth-order valence-corrected chi connectivity index (χ4v) is 1.90. The molecule has 15 heavy (non-hydrogen) atoms. The van der Waals surface area contributed by atoms with Gasteiger partial charge in [-0.15, -0.1) is 0 Å². The third-order valence-electron chi connectivity index (χ3n) is 2.63. The normalized spacial score (nSPS) is 21.1. The number of methoxy groups -OCH3 is 1. The Bertz CT molecular complexity index is 193. The van der Waals surface area contributed by atoms with Gasteiger partial charge in [-0.1, -0.05) is 0 Å². The Labute approximate surface area is 90.9 Å². The van der Waals surface area contributed by atoms with Crippen molar-refractivity contribution in [1.82, 2.24) is 10.2 Å². The van der Waals surface area contributed by atoms with Crippen LogP contribution in [-0.4, -0.2) is 56.7 Å². The summed E-state index contributed by atoms with van der Waals surface area (Å²) in [5.74, 6) is -0.274. The minimum atomic E-state index is -0.274. The van der Waals surface area contributed by atoms with Gasteiger partial charge in [0.25, 0.3) is 0 Å². The summed E-state index contributed by atoms with van der Waals surface area (Å²) in [5, 5.41) is 3.40. The maximum atomic E-state index is 10.9. The monoisotopic (exact) mass is 215 g/mol. The first-order chi connectivity index (χ1) is 7.22. The van der Waals surface area contributed by atoms with Gasteiger partial charge in [-0.05, 0) is 19.4 Å². The highest BCUT2D eigenvalue weighted by atomic mass is 16.5. The summed E-state index contributed by atoms with van der Waals surface area (Å²) >= 11 is 0. The third kappa shape index (κ3) is 5.11. The van der Waals surface area contributed by atoms with E-state index in [1.807, 2.05) is 0 Å². The first-order valence-electron chi connectivity index (χ1n) is 5.45. The Morgan fingerprint density at radius 1 is 1.67 bits per heavy atom. The first-order valence-corrected chi connectivity index (χ1v) is 5.45. The SMILES string of the molecule is COCCN(CC(N)=O)CC1CCCN1. The Morgan fingerprint density at radius 3 is 3.00 bits per heavy atom. The number of nitrogens with one attached hydrogen (secondary N) is 1. The standard InChI is InChI=1S/C10H21N3O2/c1-15-6-5-13(8-10(11)14)7-9-3-2-4-12-9/h9,12H,2-8H2,1H3,(H2,11,14). The van der Waals surface area contributed by atoms with Gasteiger partial charge < -0.3 is 15.8 Å². The average Bonchev–Trinajstić information content (AvgIpc) is 2.66. The summed E-state index contributed by atoms with van der Waals surface area (Å²) in [5.41, 5.74) is 5.20. The lowest BCUT2D eigenvalue weighted by molar-refractivity contribution is -0.119. The number of rotatable bonds is 7. The Balaban J connectivity index is 2.29. The van der Waals surface area contributed by atoms with Crippen LogP contribution in [0, 0.1) is 0 Å². The highest BCUT2D eigenvalue weighted by Crippen LogP contribution is 2.06. The maximum absolute atomic E-state index is 10.9. The van der Waals surface area contributed by atoms with Crippen LogP contribution in [-0.2, 0) is 9.53 Å². The topological polar surface area (TPSA) is 67.6 Å². The molecule has 1 rings (SSSR count). The molecule has 0 aliphatic carbocycles. The maximum Gasteiger partial charge on any atom is 0.231 e. The fourth-order valence-electron chi connectivity index (χ4n) is 1.90. The Morgan fingerprint density at radius 2 is 2.47 bits per heavy atom. The van der Waals surface area contributed by atoms with Gasteiger partial charge in [-0.3, -0.25) is 9.69 Å². The molecule has 0 aromatic rings. The van der Waals surface area contributed by atoms with Gasteiger partial charge in [-0.2, -0.15) is 0 Å². The molecule has 1 atom stereocenters. The van der Waals surface area contributed by atoms with E-state index in [0.717, 1.165) is 19.6 Å². The van der Waals surface area contributed by atoms with E-state index in [4.69, 9.17) is 10.5 Å². The molecule has 0 saturated carbocycles. The molecule has 0 spiro atoms. The van der Waals surface area contributed by atoms with Crippen LogP contribution in [0.25, 0.3) is 0 Å². The highest BCUT2D eigenvalue weighted by Gasteiger charge is 2.18.